The molecule has 1 aromatic carbocycles. The summed E-state index contributed by atoms with van der Waals surface area (Å²) >= 11 is 6.25. The number of aromatic nitrogens is 1. The Morgan fingerprint density at radius 1 is 1.26 bits per heavy atom. The van der Waals surface area contributed by atoms with Gasteiger partial charge in [-0.05, 0) is 29.3 Å². The average Bonchev–Trinajstić information content (AvgIpc) is 2.41. The molecule has 3 nitrogen and oxygen atoms in total. The first kappa shape index (κ1) is 13.8. The lowest BCUT2D eigenvalue weighted by Gasteiger charge is -2.20. The summed E-state index contributed by atoms with van der Waals surface area (Å²) in [5.74, 6) is 0.432. The maximum Gasteiger partial charge on any atom is 0.147 e. The number of nitrogens with two attached hydrogens (primary N) is 1. The molecule has 0 unspecified atom stereocenters. The van der Waals surface area contributed by atoms with Gasteiger partial charge in [-0.25, -0.2) is 9.37 Å². The van der Waals surface area contributed by atoms with Crippen LogP contribution >= 0.6 is 11.6 Å². The van der Waals surface area contributed by atoms with Crippen LogP contribution in [0, 0.1) is 5.82 Å². The molecule has 0 bridgehead atoms. The predicted molar refractivity (Wildman–Crippen MR) is 75.6 cm³/mol. The molecule has 0 atom stereocenters. The summed E-state index contributed by atoms with van der Waals surface area (Å²) in [5, 5.41) is 0.564. The minimum atomic E-state index is -0.243. The van der Waals surface area contributed by atoms with E-state index in [-0.39, 0.29) is 5.82 Å². The Bertz CT molecular complexity index is 557. The van der Waals surface area contributed by atoms with Gasteiger partial charge in [-0.15, -0.1) is 0 Å². The van der Waals surface area contributed by atoms with Gasteiger partial charge in [0, 0.05) is 26.3 Å². The van der Waals surface area contributed by atoms with Crippen molar-refractivity contribution in [3.8, 4) is 0 Å². The van der Waals surface area contributed by atoms with Gasteiger partial charge in [0.25, 0.3) is 0 Å². The van der Waals surface area contributed by atoms with E-state index in [4.69, 9.17) is 17.3 Å². The van der Waals surface area contributed by atoms with E-state index in [2.05, 4.69) is 4.98 Å². The molecule has 0 radical (unpaired) electrons. The van der Waals surface area contributed by atoms with Gasteiger partial charge in [0.05, 0.1) is 5.02 Å². The molecule has 1 aromatic heterocycles. The second-order valence-electron chi connectivity index (χ2n) is 4.29. The maximum atomic E-state index is 12.8. The van der Waals surface area contributed by atoms with Crippen molar-refractivity contribution in [1.82, 2.24) is 4.98 Å². The van der Waals surface area contributed by atoms with Crippen molar-refractivity contribution in [2.45, 2.75) is 13.1 Å². The quantitative estimate of drug-likeness (QED) is 0.936. The third-order valence-electron chi connectivity index (χ3n) is 2.87. The SMILES string of the molecule is CN(Cc1ccc(F)cc1)c1nccc(CN)c1Cl. The summed E-state index contributed by atoms with van der Waals surface area (Å²) in [6.45, 7) is 0.972. The van der Waals surface area contributed by atoms with E-state index >= 15 is 0 Å². The zero-order chi connectivity index (χ0) is 13.8. The second kappa shape index (κ2) is 5.99. The van der Waals surface area contributed by atoms with E-state index in [1.54, 1.807) is 24.4 Å². The Morgan fingerprint density at radius 2 is 1.95 bits per heavy atom. The molecular weight excluding hydrogens is 265 g/mol. The first-order chi connectivity index (χ1) is 9.11. The van der Waals surface area contributed by atoms with Gasteiger partial charge in [0.15, 0.2) is 0 Å². The fourth-order valence-electron chi connectivity index (χ4n) is 1.83. The van der Waals surface area contributed by atoms with Crippen LogP contribution in [0.4, 0.5) is 10.2 Å². The lowest BCUT2D eigenvalue weighted by molar-refractivity contribution is 0.627. The minimum absolute atomic E-state index is 0.243. The van der Waals surface area contributed by atoms with Gasteiger partial charge in [-0.3, -0.25) is 0 Å². The molecule has 0 saturated heterocycles. The van der Waals surface area contributed by atoms with Crippen LogP contribution in [-0.4, -0.2) is 12.0 Å². The zero-order valence-electron chi connectivity index (χ0n) is 10.6. The second-order valence-corrected chi connectivity index (χ2v) is 4.67. The van der Waals surface area contributed by atoms with Crippen LogP contribution in [0.15, 0.2) is 36.5 Å². The Kier molecular flexibility index (Phi) is 4.35. The molecule has 0 aliphatic carbocycles. The summed E-state index contributed by atoms with van der Waals surface area (Å²) in [5.41, 5.74) is 7.46. The number of halogens is 2. The number of pyridine rings is 1. The topological polar surface area (TPSA) is 42.2 Å². The highest BCUT2D eigenvalue weighted by molar-refractivity contribution is 6.33. The summed E-state index contributed by atoms with van der Waals surface area (Å²) in [6.07, 6.45) is 1.69. The molecule has 0 fully saturated rings. The molecule has 100 valence electrons. The standard InChI is InChI=1S/C14H15ClFN3/c1-19(9-10-2-4-12(16)5-3-10)14-13(15)11(8-17)6-7-18-14/h2-7H,8-9,17H2,1H3. The fourth-order valence-corrected chi connectivity index (χ4v) is 2.17. The van der Waals surface area contributed by atoms with Crippen molar-refractivity contribution in [2.75, 3.05) is 11.9 Å². The molecule has 19 heavy (non-hydrogen) atoms. The lowest BCUT2D eigenvalue weighted by atomic mass is 10.2. The molecule has 0 aliphatic rings. The van der Waals surface area contributed by atoms with Gasteiger partial charge < -0.3 is 10.6 Å². The highest BCUT2D eigenvalue weighted by atomic mass is 35.5. The first-order valence-electron chi connectivity index (χ1n) is 5.91. The third kappa shape index (κ3) is 3.22. The van der Waals surface area contributed by atoms with Gasteiger partial charge >= 0.3 is 0 Å². The van der Waals surface area contributed by atoms with E-state index in [1.807, 2.05) is 11.9 Å². The summed E-state index contributed by atoms with van der Waals surface area (Å²) in [6, 6.07) is 8.17. The monoisotopic (exact) mass is 279 g/mol. The molecule has 0 aliphatic heterocycles. The highest BCUT2D eigenvalue weighted by Gasteiger charge is 2.11. The smallest absolute Gasteiger partial charge is 0.147 e. The minimum Gasteiger partial charge on any atom is -0.354 e. The maximum absolute atomic E-state index is 12.8. The van der Waals surface area contributed by atoms with Crippen LogP contribution < -0.4 is 10.6 Å². The van der Waals surface area contributed by atoms with Crippen LogP contribution in [0.25, 0.3) is 0 Å². The number of hydrogen-bond donors (Lipinski definition) is 1. The predicted octanol–water partition coefficient (Wildman–Crippen LogP) is 2.97. The summed E-state index contributed by atoms with van der Waals surface area (Å²) in [7, 11) is 1.89. The lowest BCUT2D eigenvalue weighted by Crippen LogP contribution is -2.18. The molecule has 0 saturated carbocycles. The van der Waals surface area contributed by atoms with Gasteiger partial charge in [-0.1, -0.05) is 23.7 Å². The Labute approximate surface area is 116 Å². The Morgan fingerprint density at radius 3 is 2.58 bits per heavy atom. The molecule has 2 rings (SSSR count). The normalized spacial score (nSPS) is 10.5. The number of rotatable bonds is 4. The summed E-state index contributed by atoms with van der Waals surface area (Å²) in [4.78, 5) is 6.18. The van der Waals surface area contributed by atoms with Crippen molar-refractivity contribution in [2.24, 2.45) is 5.73 Å². The Hall–Kier alpha value is -1.65. The molecule has 0 amide bonds. The zero-order valence-corrected chi connectivity index (χ0v) is 11.4. The number of benzene rings is 1. The van der Waals surface area contributed by atoms with Gasteiger partial charge in [0.2, 0.25) is 0 Å². The van der Waals surface area contributed by atoms with Crippen molar-refractivity contribution in [3.63, 3.8) is 0 Å². The van der Waals surface area contributed by atoms with E-state index in [0.717, 1.165) is 11.1 Å². The van der Waals surface area contributed by atoms with Crippen molar-refractivity contribution in [3.05, 3.63) is 58.5 Å². The van der Waals surface area contributed by atoms with E-state index in [1.165, 1.54) is 12.1 Å². The number of nitrogens with zero attached hydrogens (tertiary/aromatic N) is 2. The number of hydrogen-bond acceptors (Lipinski definition) is 3. The molecular formula is C14H15ClFN3. The molecule has 2 aromatic rings. The molecule has 2 N–H and O–H groups in total. The van der Waals surface area contributed by atoms with Crippen molar-refractivity contribution < 1.29 is 4.39 Å². The van der Waals surface area contributed by atoms with E-state index in [9.17, 15) is 4.39 Å². The first-order valence-corrected chi connectivity index (χ1v) is 6.28. The average molecular weight is 280 g/mol. The van der Waals surface area contributed by atoms with Crippen LogP contribution in [0.1, 0.15) is 11.1 Å². The van der Waals surface area contributed by atoms with Crippen LogP contribution in [-0.2, 0) is 13.1 Å². The number of anilines is 1. The van der Waals surface area contributed by atoms with Gasteiger partial charge in [-0.2, -0.15) is 0 Å². The van der Waals surface area contributed by atoms with Crippen LogP contribution in [0.3, 0.4) is 0 Å². The fraction of sp³-hybridized carbons (Fsp3) is 0.214. The van der Waals surface area contributed by atoms with Crippen LogP contribution in [0.2, 0.25) is 5.02 Å². The molecule has 1 heterocycles. The molecule has 0 spiro atoms. The summed E-state index contributed by atoms with van der Waals surface area (Å²) < 4.78 is 12.8. The van der Waals surface area contributed by atoms with E-state index < -0.39 is 0 Å². The third-order valence-corrected chi connectivity index (χ3v) is 3.28. The Balaban J connectivity index is 2.20. The highest BCUT2D eigenvalue weighted by Crippen LogP contribution is 2.26. The van der Waals surface area contributed by atoms with Crippen molar-refractivity contribution >= 4 is 17.4 Å². The van der Waals surface area contributed by atoms with E-state index in [0.29, 0.717) is 23.9 Å². The molecule has 5 heteroatoms. The van der Waals surface area contributed by atoms with Gasteiger partial charge in [0.1, 0.15) is 11.6 Å². The van der Waals surface area contributed by atoms with Crippen molar-refractivity contribution in [1.29, 1.82) is 0 Å². The largest absolute Gasteiger partial charge is 0.354 e. The van der Waals surface area contributed by atoms with Crippen LogP contribution in [0.5, 0.6) is 0 Å².